The van der Waals surface area contributed by atoms with Crippen LogP contribution < -0.4 is 10.6 Å². The Hall–Kier alpha value is -1.35. The molecule has 0 radical (unpaired) electrons. The van der Waals surface area contributed by atoms with Gasteiger partial charge in [-0.05, 0) is 26.0 Å². The van der Waals surface area contributed by atoms with Crippen LogP contribution in [0.2, 0.25) is 0 Å². The van der Waals surface area contributed by atoms with E-state index >= 15 is 0 Å². The smallest absolute Gasteiger partial charge is 0.224 e. The first-order valence-electron chi connectivity index (χ1n) is 6.17. The highest BCUT2D eigenvalue weighted by atomic mass is 16.1. The van der Waals surface area contributed by atoms with Crippen LogP contribution in [0.3, 0.4) is 0 Å². The zero-order chi connectivity index (χ0) is 12.7. The molecule has 3 heteroatoms. The number of amides is 1. The van der Waals surface area contributed by atoms with Crippen molar-refractivity contribution in [2.75, 3.05) is 13.1 Å². The predicted molar refractivity (Wildman–Crippen MR) is 71.0 cm³/mol. The van der Waals surface area contributed by atoms with Crippen molar-refractivity contribution in [3.8, 4) is 0 Å². The highest BCUT2D eigenvalue weighted by molar-refractivity contribution is 5.78. The van der Waals surface area contributed by atoms with Gasteiger partial charge < -0.3 is 10.6 Å². The second-order valence-electron chi connectivity index (χ2n) is 4.43. The molecule has 0 aromatic heterocycles. The molecule has 1 aromatic rings. The Bertz CT molecular complexity index is 346. The Morgan fingerprint density at radius 1 is 1.29 bits per heavy atom. The van der Waals surface area contributed by atoms with Gasteiger partial charge in [-0.1, -0.05) is 36.8 Å². The van der Waals surface area contributed by atoms with Crippen molar-refractivity contribution < 1.29 is 4.79 Å². The summed E-state index contributed by atoms with van der Waals surface area (Å²) in [7, 11) is 0. The van der Waals surface area contributed by atoms with Crippen molar-refractivity contribution >= 4 is 5.91 Å². The molecule has 0 heterocycles. The lowest BCUT2D eigenvalue weighted by atomic mass is 10.1. The molecule has 2 N–H and O–H groups in total. The zero-order valence-electron chi connectivity index (χ0n) is 10.9. The second kappa shape index (κ2) is 7.07. The Labute approximate surface area is 104 Å². The lowest BCUT2D eigenvalue weighted by Gasteiger charge is -2.13. The van der Waals surface area contributed by atoms with Crippen LogP contribution in [-0.2, 0) is 11.2 Å². The maximum Gasteiger partial charge on any atom is 0.224 e. The Morgan fingerprint density at radius 3 is 2.53 bits per heavy atom. The number of hydrogen-bond acceptors (Lipinski definition) is 2. The number of rotatable bonds is 6. The van der Waals surface area contributed by atoms with Crippen molar-refractivity contribution in [1.82, 2.24) is 10.6 Å². The van der Waals surface area contributed by atoms with Crippen LogP contribution in [0, 0.1) is 6.92 Å². The van der Waals surface area contributed by atoms with E-state index in [4.69, 9.17) is 0 Å². The summed E-state index contributed by atoms with van der Waals surface area (Å²) >= 11 is 0. The third-order valence-electron chi connectivity index (χ3n) is 2.64. The molecule has 0 unspecified atom stereocenters. The molecule has 1 amide bonds. The second-order valence-corrected chi connectivity index (χ2v) is 4.43. The molecule has 1 atom stereocenters. The number of likely N-dealkylation sites (N-methyl/N-ethyl adjacent to an activating group) is 1. The van der Waals surface area contributed by atoms with E-state index in [1.54, 1.807) is 0 Å². The molecule has 0 bridgehead atoms. The molecule has 3 nitrogen and oxygen atoms in total. The Kier molecular flexibility index (Phi) is 5.70. The van der Waals surface area contributed by atoms with Crippen molar-refractivity contribution in [2.24, 2.45) is 0 Å². The van der Waals surface area contributed by atoms with E-state index in [9.17, 15) is 4.79 Å². The van der Waals surface area contributed by atoms with Gasteiger partial charge in [0.15, 0.2) is 0 Å². The number of carbonyl (C=O) groups excluding carboxylic acids is 1. The summed E-state index contributed by atoms with van der Waals surface area (Å²) in [6, 6.07) is 8.39. The van der Waals surface area contributed by atoms with Gasteiger partial charge in [0.2, 0.25) is 5.91 Å². The molecular formula is C14H22N2O. The van der Waals surface area contributed by atoms with E-state index in [-0.39, 0.29) is 5.91 Å². The van der Waals surface area contributed by atoms with Gasteiger partial charge in [0, 0.05) is 12.6 Å². The zero-order valence-corrected chi connectivity index (χ0v) is 10.9. The monoisotopic (exact) mass is 234 g/mol. The van der Waals surface area contributed by atoms with E-state index in [0.717, 1.165) is 12.1 Å². The molecule has 0 aliphatic carbocycles. The third-order valence-corrected chi connectivity index (χ3v) is 2.64. The van der Waals surface area contributed by atoms with E-state index in [2.05, 4.69) is 24.5 Å². The van der Waals surface area contributed by atoms with Gasteiger partial charge in [-0.3, -0.25) is 4.79 Å². The Morgan fingerprint density at radius 2 is 1.94 bits per heavy atom. The molecule has 0 spiro atoms. The van der Waals surface area contributed by atoms with Gasteiger partial charge in [0.25, 0.3) is 0 Å². The molecule has 0 saturated carbocycles. The molecule has 94 valence electrons. The van der Waals surface area contributed by atoms with Crippen LogP contribution in [0.4, 0.5) is 0 Å². The fourth-order valence-corrected chi connectivity index (χ4v) is 1.64. The minimum absolute atomic E-state index is 0.0820. The minimum Gasteiger partial charge on any atom is -0.354 e. The number of hydrogen-bond donors (Lipinski definition) is 2. The summed E-state index contributed by atoms with van der Waals surface area (Å²) in [6.45, 7) is 7.77. The topological polar surface area (TPSA) is 41.1 Å². The quantitative estimate of drug-likeness (QED) is 0.786. The highest BCUT2D eigenvalue weighted by Gasteiger charge is 2.05. The van der Waals surface area contributed by atoms with Gasteiger partial charge >= 0.3 is 0 Å². The SMILES string of the molecule is CCN[C@H](C)CNC(=O)Cc1ccc(C)cc1. The summed E-state index contributed by atoms with van der Waals surface area (Å²) in [4.78, 5) is 11.7. The fourth-order valence-electron chi connectivity index (χ4n) is 1.64. The van der Waals surface area contributed by atoms with Crippen LogP contribution >= 0.6 is 0 Å². The van der Waals surface area contributed by atoms with E-state index in [0.29, 0.717) is 19.0 Å². The number of nitrogens with one attached hydrogen (secondary N) is 2. The molecule has 17 heavy (non-hydrogen) atoms. The molecule has 0 aliphatic heterocycles. The van der Waals surface area contributed by atoms with Gasteiger partial charge in [-0.2, -0.15) is 0 Å². The normalized spacial score (nSPS) is 12.2. The maximum atomic E-state index is 11.7. The molecule has 1 rings (SSSR count). The first-order valence-corrected chi connectivity index (χ1v) is 6.17. The van der Waals surface area contributed by atoms with Crippen LogP contribution in [0.25, 0.3) is 0 Å². The fraction of sp³-hybridized carbons (Fsp3) is 0.500. The summed E-state index contributed by atoms with van der Waals surface area (Å²) in [5, 5.41) is 6.19. The lowest BCUT2D eigenvalue weighted by molar-refractivity contribution is -0.120. The number of carbonyl (C=O) groups is 1. The first kappa shape index (κ1) is 13.7. The van der Waals surface area contributed by atoms with Crippen LogP contribution in [0.15, 0.2) is 24.3 Å². The predicted octanol–water partition coefficient (Wildman–Crippen LogP) is 1.65. The van der Waals surface area contributed by atoms with E-state index in [1.165, 1.54) is 5.56 Å². The molecule has 0 fully saturated rings. The van der Waals surface area contributed by atoms with Crippen molar-refractivity contribution in [3.05, 3.63) is 35.4 Å². The summed E-state index contributed by atoms with van der Waals surface area (Å²) in [5.41, 5.74) is 2.28. The average molecular weight is 234 g/mol. The number of aryl methyl sites for hydroxylation is 1. The Balaban J connectivity index is 2.32. The molecule has 0 saturated heterocycles. The summed E-state index contributed by atoms with van der Waals surface area (Å²) in [5.74, 6) is 0.0820. The lowest BCUT2D eigenvalue weighted by Crippen LogP contribution is -2.39. The van der Waals surface area contributed by atoms with Gasteiger partial charge in [-0.15, -0.1) is 0 Å². The van der Waals surface area contributed by atoms with Crippen molar-refractivity contribution in [1.29, 1.82) is 0 Å². The highest BCUT2D eigenvalue weighted by Crippen LogP contribution is 2.03. The van der Waals surface area contributed by atoms with Gasteiger partial charge in [0.1, 0.15) is 0 Å². The minimum atomic E-state index is 0.0820. The van der Waals surface area contributed by atoms with Gasteiger partial charge in [-0.25, -0.2) is 0 Å². The molecule has 0 aliphatic rings. The average Bonchev–Trinajstić information content (AvgIpc) is 2.30. The van der Waals surface area contributed by atoms with Crippen LogP contribution in [0.1, 0.15) is 25.0 Å². The summed E-state index contributed by atoms with van der Waals surface area (Å²) < 4.78 is 0. The first-order chi connectivity index (χ1) is 8.11. The largest absolute Gasteiger partial charge is 0.354 e. The maximum absolute atomic E-state index is 11.7. The number of benzene rings is 1. The van der Waals surface area contributed by atoms with Crippen LogP contribution in [0.5, 0.6) is 0 Å². The van der Waals surface area contributed by atoms with Crippen LogP contribution in [-0.4, -0.2) is 25.0 Å². The molecule has 1 aromatic carbocycles. The van der Waals surface area contributed by atoms with Crippen molar-refractivity contribution in [3.63, 3.8) is 0 Å². The summed E-state index contributed by atoms with van der Waals surface area (Å²) in [6.07, 6.45) is 0.457. The van der Waals surface area contributed by atoms with E-state index in [1.807, 2.05) is 31.2 Å². The standard InChI is InChI=1S/C14H22N2O/c1-4-15-12(3)10-16-14(17)9-13-7-5-11(2)6-8-13/h5-8,12,15H,4,9-10H2,1-3H3,(H,16,17)/t12-/m1/s1. The molecular weight excluding hydrogens is 212 g/mol. The van der Waals surface area contributed by atoms with Gasteiger partial charge in [0.05, 0.1) is 6.42 Å². The third kappa shape index (κ3) is 5.50. The van der Waals surface area contributed by atoms with Crippen molar-refractivity contribution in [2.45, 2.75) is 33.2 Å². The van der Waals surface area contributed by atoms with E-state index < -0.39 is 0 Å².